The summed E-state index contributed by atoms with van der Waals surface area (Å²) in [5.74, 6) is 3.31. The van der Waals surface area contributed by atoms with Crippen molar-refractivity contribution in [3.05, 3.63) is 169 Å². The summed E-state index contributed by atoms with van der Waals surface area (Å²) in [6.45, 7) is 0. The third-order valence-corrected chi connectivity index (χ3v) is 14.0. The lowest BCUT2D eigenvalue weighted by Gasteiger charge is -2.61. The maximum Gasteiger partial charge on any atom is 0.0272 e. The normalized spacial score (nSPS) is 23.8. The van der Waals surface area contributed by atoms with Crippen LogP contribution in [0, 0.1) is 23.7 Å². The van der Waals surface area contributed by atoms with Crippen molar-refractivity contribution in [2.24, 2.45) is 23.7 Å². The van der Waals surface area contributed by atoms with Crippen molar-refractivity contribution in [1.82, 2.24) is 0 Å². The molecule has 0 atom stereocenters. The first-order chi connectivity index (χ1) is 25.8. The summed E-state index contributed by atoms with van der Waals surface area (Å²) in [7, 11) is 0. The van der Waals surface area contributed by atoms with E-state index in [1.807, 2.05) is 0 Å². The molecular formula is C52H40. The quantitative estimate of drug-likeness (QED) is 0.165. The van der Waals surface area contributed by atoms with Crippen LogP contribution in [0.3, 0.4) is 0 Å². The molecule has 13 rings (SSSR count). The van der Waals surface area contributed by atoms with Crippen molar-refractivity contribution in [2.45, 2.75) is 37.5 Å². The van der Waals surface area contributed by atoms with E-state index in [1.54, 1.807) is 11.1 Å². The third kappa shape index (κ3) is 3.83. The van der Waals surface area contributed by atoms with Gasteiger partial charge >= 0.3 is 0 Å². The van der Waals surface area contributed by atoms with Crippen LogP contribution in [-0.4, -0.2) is 0 Å². The Balaban J connectivity index is 1.16. The molecule has 0 heteroatoms. The van der Waals surface area contributed by atoms with Crippen molar-refractivity contribution in [2.75, 3.05) is 0 Å². The summed E-state index contributed by atoms with van der Waals surface area (Å²) in [4.78, 5) is 0. The van der Waals surface area contributed by atoms with Crippen LogP contribution < -0.4 is 0 Å². The van der Waals surface area contributed by atoms with Crippen LogP contribution in [0.25, 0.3) is 76.8 Å². The molecule has 0 heterocycles. The van der Waals surface area contributed by atoms with Crippen molar-refractivity contribution < 1.29 is 0 Å². The lowest BCUT2D eigenvalue weighted by atomic mass is 9.43. The zero-order valence-electron chi connectivity index (χ0n) is 29.4. The molecule has 5 aliphatic rings. The number of fused-ring (bicyclic) bond motifs is 7. The van der Waals surface area contributed by atoms with Crippen LogP contribution in [0.4, 0.5) is 0 Å². The Morgan fingerprint density at radius 1 is 0.327 bits per heavy atom. The highest BCUT2D eigenvalue weighted by Gasteiger charge is 2.62. The van der Waals surface area contributed by atoms with Gasteiger partial charge in [-0.2, -0.15) is 0 Å². The summed E-state index contributed by atoms with van der Waals surface area (Å²) in [5.41, 5.74) is 14.3. The van der Waals surface area contributed by atoms with Crippen molar-refractivity contribution >= 4 is 32.3 Å². The molecule has 0 aromatic heterocycles. The largest absolute Gasteiger partial charge is 0.0622 e. The standard InChI is InChI=1S/C52H40/c1-2-11-34(12-3-1)35-21-23-37(24-22-35)48-41-15-6-8-17-43(41)49(44-18-9-7-16-42(44)48)45-19-10-20-46-51(45)50-40-14-5-4-13-36(40)25-26-47(50)52(46)38-28-32-27-33(30-38)31-39(52)29-32/h1-26,32-33,38-39H,27-31H2. The first-order valence-electron chi connectivity index (χ1n) is 19.5. The van der Waals surface area contributed by atoms with Gasteiger partial charge in [0, 0.05) is 5.41 Å². The zero-order chi connectivity index (χ0) is 34.0. The average molecular weight is 665 g/mol. The van der Waals surface area contributed by atoms with E-state index in [-0.39, 0.29) is 5.41 Å². The summed E-state index contributed by atoms with van der Waals surface area (Å²) in [6.07, 6.45) is 7.05. The Kier molecular flexibility index (Phi) is 6.04. The number of hydrogen-bond acceptors (Lipinski definition) is 0. The van der Waals surface area contributed by atoms with Gasteiger partial charge in [-0.05, 0) is 144 Å². The van der Waals surface area contributed by atoms with E-state index >= 15 is 0 Å². The smallest absolute Gasteiger partial charge is 0.0272 e. The van der Waals surface area contributed by atoms with E-state index in [4.69, 9.17) is 0 Å². The van der Waals surface area contributed by atoms with Gasteiger partial charge in [0.15, 0.2) is 0 Å². The second-order valence-electron chi connectivity index (χ2n) is 16.4. The van der Waals surface area contributed by atoms with Gasteiger partial charge in [0.1, 0.15) is 0 Å². The van der Waals surface area contributed by atoms with Gasteiger partial charge in [0.2, 0.25) is 0 Å². The molecule has 0 nitrogen and oxygen atoms in total. The second kappa shape index (κ2) is 10.8. The Hall–Kier alpha value is -5.46. The molecule has 8 aromatic carbocycles. The highest BCUT2D eigenvalue weighted by Crippen LogP contribution is 2.71. The number of benzene rings is 8. The minimum Gasteiger partial charge on any atom is -0.0622 e. The molecule has 0 amide bonds. The summed E-state index contributed by atoms with van der Waals surface area (Å²) >= 11 is 0. The monoisotopic (exact) mass is 664 g/mol. The summed E-state index contributed by atoms with van der Waals surface area (Å²) in [6, 6.07) is 60.0. The fraction of sp³-hybridized carbons (Fsp3) is 0.192. The predicted molar refractivity (Wildman–Crippen MR) is 219 cm³/mol. The maximum atomic E-state index is 2.57. The Labute approximate surface area is 305 Å². The van der Waals surface area contributed by atoms with Gasteiger partial charge in [-0.25, -0.2) is 0 Å². The SMILES string of the molecule is c1ccc(-c2ccc(-c3c4ccccc4c(-c4cccc5c4-c4c(ccc6ccccc46)C54C5CC6CC(C5)CC4C6)c4ccccc34)cc2)cc1. The van der Waals surface area contributed by atoms with Crippen LogP contribution in [0.1, 0.15) is 43.2 Å². The fourth-order valence-electron chi connectivity index (χ4n) is 12.4. The summed E-state index contributed by atoms with van der Waals surface area (Å²) in [5, 5.41) is 8.09. The number of hydrogen-bond donors (Lipinski definition) is 0. The van der Waals surface area contributed by atoms with E-state index in [9.17, 15) is 0 Å². The molecule has 4 fully saturated rings. The van der Waals surface area contributed by atoms with Gasteiger partial charge in [0.05, 0.1) is 0 Å². The lowest BCUT2D eigenvalue weighted by Crippen LogP contribution is -2.55. The molecule has 52 heavy (non-hydrogen) atoms. The average Bonchev–Trinajstić information content (AvgIpc) is 3.51. The van der Waals surface area contributed by atoms with Crippen molar-refractivity contribution in [1.29, 1.82) is 0 Å². The Morgan fingerprint density at radius 2 is 0.846 bits per heavy atom. The van der Waals surface area contributed by atoms with Gasteiger partial charge in [0.25, 0.3) is 0 Å². The van der Waals surface area contributed by atoms with Crippen molar-refractivity contribution in [3.63, 3.8) is 0 Å². The van der Waals surface area contributed by atoms with E-state index in [0.717, 1.165) is 23.7 Å². The molecule has 0 saturated heterocycles. The van der Waals surface area contributed by atoms with Crippen LogP contribution in [0.15, 0.2) is 158 Å². The minimum atomic E-state index is 0.115. The minimum absolute atomic E-state index is 0.115. The highest BCUT2D eigenvalue weighted by molar-refractivity contribution is 6.23. The Bertz CT molecular complexity index is 2650. The molecule has 8 aromatic rings. The van der Waals surface area contributed by atoms with E-state index in [0.29, 0.717) is 0 Å². The molecule has 1 spiro atoms. The first-order valence-corrected chi connectivity index (χ1v) is 19.5. The van der Waals surface area contributed by atoms with E-state index in [1.165, 1.54) is 109 Å². The van der Waals surface area contributed by atoms with Gasteiger partial charge < -0.3 is 0 Å². The molecule has 4 saturated carbocycles. The van der Waals surface area contributed by atoms with Crippen LogP contribution in [-0.2, 0) is 5.41 Å². The Morgan fingerprint density at radius 3 is 1.50 bits per heavy atom. The predicted octanol–water partition coefficient (Wildman–Crippen LogP) is 13.9. The van der Waals surface area contributed by atoms with Gasteiger partial charge in [-0.15, -0.1) is 0 Å². The zero-order valence-corrected chi connectivity index (χ0v) is 29.4. The molecule has 248 valence electrons. The number of rotatable bonds is 3. The second-order valence-corrected chi connectivity index (χ2v) is 16.4. The van der Waals surface area contributed by atoms with E-state index < -0.39 is 0 Å². The lowest BCUT2D eigenvalue weighted by molar-refractivity contribution is -0.0399. The highest BCUT2D eigenvalue weighted by atomic mass is 14.6. The van der Waals surface area contributed by atoms with Crippen LogP contribution in [0.5, 0.6) is 0 Å². The van der Waals surface area contributed by atoms with Crippen LogP contribution >= 0.6 is 0 Å². The molecule has 0 N–H and O–H groups in total. The van der Waals surface area contributed by atoms with E-state index in [2.05, 4.69) is 158 Å². The van der Waals surface area contributed by atoms with Crippen molar-refractivity contribution in [3.8, 4) is 44.5 Å². The molecule has 4 bridgehead atoms. The molecule has 0 radical (unpaired) electrons. The first kappa shape index (κ1) is 29.2. The van der Waals surface area contributed by atoms with Gasteiger partial charge in [-0.1, -0.05) is 158 Å². The molecule has 5 aliphatic carbocycles. The molecule has 0 unspecified atom stereocenters. The molecular weight excluding hydrogens is 625 g/mol. The maximum absolute atomic E-state index is 2.57. The summed E-state index contributed by atoms with van der Waals surface area (Å²) < 4.78 is 0. The van der Waals surface area contributed by atoms with Crippen LogP contribution in [0.2, 0.25) is 0 Å². The molecule has 0 aliphatic heterocycles. The third-order valence-electron chi connectivity index (χ3n) is 14.0. The topological polar surface area (TPSA) is 0 Å². The fourth-order valence-corrected chi connectivity index (χ4v) is 12.4. The van der Waals surface area contributed by atoms with Gasteiger partial charge in [-0.3, -0.25) is 0 Å².